The second-order valence-electron chi connectivity index (χ2n) is 6.57. The fourth-order valence-electron chi connectivity index (χ4n) is 3.37. The second-order valence-corrected chi connectivity index (χ2v) is 7.01. The maximum Gasteiger partial charge on any atom is 0.336 e. The Hall–Kier alpha value is -2.85. The molecule has 0 spiro atoms. The van der Waals surface area contributed by atoms with Crippen molar-refractivity contribution in [3.8, 4) is 6.07 Å². The van der Waals surface area contributed by atoms with Crippen molar-refractivity contribution in [3.05, 3.63) is 57.7 Å². The molecule has 0 aromatic carbocycles. The van der Waals surface area contributed by atoms with E-state index in [-0.39, 0.29) is 23.2 Å². The average molecular weight is 421 g/mol. The normalized spacial score (nSPS) is 21.5. The number of nitriles is 1. The van der Waals surface area contributed by atoms with Gasteiger partial charge in [-0.1, -0.05) is 23.8 Å². The minimum Gasteiger partial charge on any atom is -0.466 e. The number of methoxy groups -OCH3 is 1. The Morgan fingerprint density at radius 3 is 2.76 bits per heavy atom. The van der Waals surface area contributed by atoms with Gasteiger partial charge in [-0.15, -0.1) is 0 Å². The number of hydrogen-bond donors (Lipinski definition) is 1. The van der Waals surface area contributed by atoms with Gasteiger partial charge in [-0.05, 0) is 31.9 Å². The molecule has 0 saturated carbocycles. The third kappa shape index (κ3) is 5.36. The number of dihydropyridines is 1. The number of nitrogens with one attached hydrogen (secondary N) is 1. The number of carbonyl (C=O) groups excluding carboxylic acids is 2. The van der Waals surface area contributed by atoms with E-state index in [1.54, 1.807) is 13.0 Å². The van der Waals surface area contributed by atoms with E-state index in [0.29, 0.717) is 29.8 Å². The van der Waals surface area contributed by atoms with E-state index in [9.17, 15) is 19.2 Å². The van der Waals surface area contributed by atoms with Crippen LogP contribution in [0.1, 0.15) is 26.7 Å². The number of hydrogen-bond acceptors (Lipinski definition) is 6. The molecule has 1 aliphatic carbocycles. The van der Waals surface area contributed by atoms with E-state index in [0.717, 1.165) is 0 Å². The van der Waals surface area contributed by atoms with Crippen LogP contribution in [-0.2, 0) is 19.1 Å². The van der Waals surface area contributed by atoms with E-state index in [2.05, 4.69) is 11.4 Å². The summed E-state index contributed by atoms with van der Waals surface area (Å²) < 4.78 is 23.7. The zero-order valence-corrected chi connectivity index (χ0v) is 17.2. The highest BCUT2D eigenvalue weighted by Crippen LogP contribution is 2.42. The average Bonchev–Trinajstić information content (AvgIpc) is 2.83. The van der Waals surface area contributed by atoms with Gasteiger partial charge in [-0.25, -0.2) is 9.18 Å². The number of halogens is 2. The summed E-state index contributed by atoms with van der Waals surface area (Å²) in [5.74, 6) is -2.88. The van der Waals surface area contributed by atoms with E-state index >= 15 is 0 Å². The number of esters is 2. The standard InChI is InChI=1S/C21H22ClFN2O4/c1-12-16(11-24)19(15-7-4-6-14(23)10-17(15)22)20(21(27)28-3)18(25-12)8-5-9-29-13(2)26/h4,6-7,10,15,19,25H,5,8-9H2,1-3H3. The maximum atomic E-state index is 13.8. The molecule has 29 heavy (non-hydrogen) atoms. The van der Waals surface area contributed by atoms with Crippen LogP contribution in [0.25, 0.3) is 0 Å². The van der Waals surface area contributed by atoms with Crippen molar-refractivity contribution in [2.75, 3.05) is 13.7 Å². The lowest BCUT2D eigenvalue weighted by Crippen LogP contribution is -2.34. The van der Waals surface area contributed by atoms with Crippen molar-refractivity contribution >= 4 is 23.5 Å². The summed E-state index contributed by atoms with van der Waals surface area (Å²) in [5.41, 5.74) is 1.70. The van der Waals surface area contributed by atoms with Crippen molar-refractivity contribution < 1.29 is 23.5 Å². The molecular weight excluding hydrogens is 399 g/mol. The Morgan fingerprint density at radius 1 is 1.41 bits per heavy atom. The van der Waals surface area contributed by atoms with Crippen molar-refractivity contribution in [3.63, 3.8) is 0 Å². The van der Waals surface area contributed by atoms with Crippen LogP contribution in [0.3, 0.4) is 0 Å². The summed E-state index contributed by atoms with van der Waals surface area (Å²) in [6, 6.07) is 2.14. The third-order valence-electron chi connectivity index (χ3n) is 4.62. The SMILES string of the molecule is COC(=O)C1=C(CCCOC(C)=O)NC(C)=C(C#N)C1C1C=CC=C(F)C=C1Cl. The number of nitrogens with zero attached hydrogens (tertiary/aromatic N) is 1. The summed E-state index contributed by atoms with van der Waals surface area (Å²) >= 11 is 6.35. The van der Waals surface area contributed by atoms with Crippen molar-refractivity contribution in [1.82, 2.24) is 5.32 Å². The van der Waals surface area contributed by atoms with Gasteiger partial charge in [-0.3, -0.25) is 4.79 Å². The predicted octanol–water partition coefficient (Wildman–Crippen LogP) is 3.94. The first-order chi connectivity index (χ1) is 13.8. The molecule has 0 amide bonds. The van der Waals surface area contributed by atoms with Gasteiger partial charge in [0.1, 0.15) is 5.83 Å². The molecule has 8 heteroatoms. The van der Waals surface area contributed by atoms with Gasteiger partial charge >= 0.3 is 11.9 Å². The minimum absolute atomic E-state index is 0.167. The predicted molar refractivity (Wildman–Crippen MR) is 106 cm³/mol. The van der Waals surface area contributed by atoms with Crippen molar-refractivity contribution in [2.45, 2.75) is 26.7 Å². The summed E-state index contributed by atoms with van der Waals surface area (Å²) in [7, 11) is 1.25. The molecule has 154 valence electrons. The fourth-order valence-corrected chi connectivity index (χ4v) is 3.67. The highest BCUT2D eigenvalue weighted by molar-refractivity contribution is 6.30. The van der Waals surface area contributed by atoms with Crippen LogP contribution < -0.4 is 5.32 Å². The first-order valence-electron chi connectivity index (χ1n) is 9.03. The van der Waals surface area contributed by atoms with Crippen LogP contribution in [0, 0.1) is 23.2 Å². The molecule has 0 aromatic heterocycles. The Labute approximate surface area is 174 Å². The highest BCUT2D eigenvalue weighted by Gasteiger charge is 2.39. The summed E-state index contributed by atoms with van der Waals surface area (Å²) in [6.07, 6.45) is 6.44. The minimum atomic E-state index is -0.739. The molecule has 0 saturated heterocycles. The van der Waals surface area contributed by atoms with Gasteiger partial charge in [0.15, 0.2) is 0 Å². The molecule has 0 aromatic rings. The topological polar surface area (TPSA) is 88.4 Å². The largest absolute Gasteiger partial charge is 0.466 e. The molecule has 1 N–H and O–H groups in total. The van der Waals surface area contributed by atoms with E-state index in [1.807, 2.05) is 0 Å². The zero-order valence-electron chi connectivity index (χ0n) is 16.4. The Balaban J connectivity index is 2.50. The molecule has 0 radical (unpaired) electrons. The van der Waals surface area contributed by atoms with Crippen molar-refractivity contribution in [2.24, 2.45) is 11.8 Å². The smallest absolute Gasteiger partial charge is 0.336 e. The van der Waals surface area contributed by atoms with Crippen LogP contribution in [0.2, 0.25) is 0 Å². The van der Waals surface area contributed by atoms with Crippen molar-refractivity contribution in [1.29, 1.82) is 5.26 Å². The molecule has 6 nitrogen and oxygen atoms in total. The Kier molecular flexibility index (Phi) is 7.80. The zero-order chi connectivity index (χ0) is 21.6. The van der Waals surface area contributed by atoms with E-state index < -0.39 is 23.6 Å². The van der Waals surface area contributed by atoms with Crippen LogP contribution >= 0.6 is 11.6 Å². The lowest BCUT2D eigenvalue weighted by molar-refractivity contribution is -0.141. The molecule has 0 fully saturated rings. The van der Waals surface area contributed by atoms with Gasteiger partial charge in [0, 0.05) is 35.2 Å². The number of carbonyl (C=O) groups is 2. The number of rotatable bonds is 6. The van der Waals surface area contributed by atoms with E-state index in [4.69, 9.17) is 21.1 Å². The first-order valence-corrected chi connectivity index (χ1v) is 9.41. The van der Waals surface area contributed by atoms with Crippen LogP contribution in [-0.4, -0.2) is 25.7 Å². The quantitative estimate of drug-likeness (QED) is 0.517. The highest BCUT2D eigenvalue weighted by atomic mass is 35.5. The lowest BCUT2D eigenvalue weighted by atomic mass is 9.76. The molecule has 2 rings (SSSR count). The fraction of sp³-hybridized carbons (Fsp3) is 0.381. The molecule has 0 bridgehead atoms. The van der Waals surface area contributed by atoms with Gasteiger partial charge in [0.2, 0.25) is 0 Å². The monoisotopic (exact) mass is 420 g/mol. The van der Waals surface area contributed by atoms with Gasteiger partial charge in [0.25, 0.3) is 0 Å². The van der Waals surface area contributed by atoms with Crippen LogP contribution in [0.5, 0.6) is 0 Å². The van der Waals surface area contributed by atoms with Crippen LogP contribution in [0.4, 0.5) is 4.39 Å². The number of allylic oxidation sites excluding steroid dienone is 9. The molecule has 1 heterocycles. The van der Waals surface area contributed by atoms with E-state index in [1.165, 1.54) is 32.3 Å². The van der Waals surface area contributed by atoms with Crippen LogP contribution in [0.15, 0.2) is 57.7 Å². The van der Waals surface area contributed by atoms with Gasteiger partial charge in [0.05, 0.1) is 30.9 Å². The third-order valence-corrected chi connectivity index (χ3v) is 4.98. The molecular formula is C21H22ClFN2O4. The summed E-state index contributed by atoms with van der Waals surface area (Å²) in [6.45, 7) is 3.23. The summed E-state index contributed by atoms with van der Waals surface area (Å²) in [5, 5.41) is 13.0. The first kappa shape index (κ1) is 22.4. The second kappa shape index (κ2) is 10.1. The maximum absolute atomic E-state index is 13.8. The van der Waals surface area contributed by atoms with Gasteiger partial charge in [-0.2, -0.15) is 5.26 Å². The van der Waals surface area contributed by atoms with Gasteiger partial charge < -0.3 is 14.8 Å². The molecule has 2 atom stereocenters. The number of ether oxygens (including phenoxy) is 2. The molecule has 1 aliphatic heterocycles. The Morgan fingerprint density at radius 2 is 2.14 bits per heavy atom. The lowest BCUT2D eigenvalue weighted by Gasteiger charge is -2.33. The Bertz CT molecular complexity index is 893. The molecule has 2 aliphatic rings. The summed E-state index contributed by atoms with van der Waals surface area (Å²) in [4.78, 5) is 23.7. The molecule has 2 unspecified atom stereocenters.